The molecule has 0 saturated carbocycles. The number of alkyl halides is 3. The predicted molar refractivity (Wildman–Crippen MR) is 97.5 cm³/mol. The van der Waals surface area contributed by atoms with Crippen LogP contribution in [0.3, 0.4) is 0 Å². The molecule has 0 bridgehead atoms. The first-order valence-corrected chi connectivity index (χ1v) is 9.43. The van der Waals surface area contributed by atoms with Gasteiger partial charge in [0.05, 0.1) is 16.5 Å². The molecule has 2 aromatic heterocycles. The van der Waals surface area contributed by atoms with Gasteiger partial charge in [-0.05, 0) is 30.2 Å². The highest BCUT2D eigenvalue weighted by molar-refractivity contribution is 7.99. The molecule has 140 valence electrons. The van der Waals surface area contributed by atoms with Crippen molar-refractivity contribution in [1.29, 1.82) is 0 Å². The molecule has 27 heavy (non-hydrogen) atoms. The molecule has 3 heterocycles. The molecule has 0 radical (unpaired) electrons. The molecular weight excluding hydrogens is 375 g/mol. The zero-order valence-electron chi connectivity index (χ0n) is 14.2. The highest BCUT2D eigenvalue weighted by Gasteiger charge is 2.50. The fourth-order valence-electron chi connectivity index (χ4n) is 3.50. The number of rotatable bonds is 3. The number of benzene rings is 1. The molecule has 1 aliphatic heterocycles. The molecule has 0 spiro atoms. The van der Waals surface area contributed by atoms with Gasteiger partial charge < -0.3 is 9.88 Å². The van der Waals surface area contributed by atoms with Gasteiger partial charge in [0.2, 0.25) is 5.91 Å². The topological polar surface area (TPSA) is 49.0 Å². The van der Waals surface area contributed by atoms with Crippen LogP contribution >= 0.6 is 11.8 Å². The molecule has 1 aliphatic rings. The zero-order chi connectivity index (χ0) is 19.0. The molecule has 4 rings (SSSR count). The Balaban J connectivity index is 1.64. The third-order valence-corrected chi connectivity index (χ3v) is 5.57. The molecule has 3 aromatic rings. The van der Waals surface area contributed by atoms with Crippen LogP contribution in [-0.4, -0.2) is 39.2 Å². The van der Waals surface area contributed by atoms with Gasteiger partial charge in [0.25, 0.3) is 0 Å². The summed E-state index contributed by atoms with van der Waals surface area (Å²) in [6.45, 7) is 0.0423. The number of carbonyl (C=O) groups is 1. The van der Waals surface area contributed by atoms with Gasteiger partial charge in [0.1, 0.15) is 0 Å². The molecule has 4 nitrogen and oxygen atoms in total. The second-order valence-electron chi connectivity index (χ2n) is 6.30. The summed E-state index contributed by atoms with van der Waals surface area (Å²) >= 11 is 1.14. The number of aromatic nitrogens is 2. The normalized spacial score (nSPS) is 17.1. The maximum atomic E-state index is 13.9. The van der Waals surface area contributed by atoms with Crippen LogP contribution in [0.1, 0.15) is 17.3 Å². The quantitative estimate of drug-likeness (QED) is 0.676. The number of hydrogen-bond acceptors (Lipinski definition) is 3. The third-order valence-electron chi connectivity index (χ3n) is 4.65. The molecular formula is C19H16F3N3OS. The Labute approximate surface area is 157 Å². The van der Waals surface area contributed by atoms with E-state index in [1.54, 1.807) is 42.6 Å². The average Bonchev–Trinajstić information content (AvgIpc) is 3.03. The standard InChI is InChI=1S/C19H16F3N3OS/c20-19(21,22)18-17-13(12-5-1-2-6-14(12)24-17)8-10-25(18)16(26)11-27-15-7-3-4-9-23-15/h1-7,9,18,24H,8,10-11H2/t18-/m0/s1. The van der Waals surface area contributed by atoms with Gasteiger partial charge in [-0.3, -0.25) is 4.79 Å². The summed E-state index contributed by atoms with van der Waals surface area (Å²) in [4.78, 5) is 20.5. The fraction of sp³-hybridized carbons (Fsp3) is 0.263. The number of H-pyrrole nitrogens is 1. The average molecular weight is 391 g/mol. The van der Waals surface area contributed by atoms with Gasteiger partial charge in [0, 0.05) is 23.6 Å². The van der Waals surface area contributed by atoms with Crippen molar-refractivity contribution in [3.63, 3.8) is 0 Å². The SMILES string of the molecule is O=C(CSc1ccccn1)N1CCc2c([nH]c3ccccc23)[C@H]1C(F)(F)F. The summed E-state index contributed by atoms with van der Waals surface area (Å²) in [5.74, 6) is -0.628. The first-order chi connectivity index (χ1) is 12.9. The van der Waals surface area contributed by atoms with Gasteiger partial charge in [-0.1, -0.05) is 36.0 Å². The van der Waals surface area contributed by atoms with Crippen molar-refractivity contribution in [3.8, 4) is 0 Å². The number of nitrogens with zero attached hydrogens (tertiary/aromatic N) is 2. The lowest BCUT2D eigenvalue weighted by Gasteiger charge is -2.36. The van der Waals surface area contributed by atoms with Crippen molar-refractivity contribution >= 4 is 28.6 Å². The van der Waals surface area contributed by atoms with E-state index < -0.39 is 18.1 Å². The van der Waals surface area contributed by atoms with Crippen molar-refractivity contribution in [1.82, 2.24) is 14.9 Å². The van der Waals surface area contributed by atoms with Crippen LogP contribution in [0.4, 0.5) is 13.2 Å². The number of halogens is 3. The summed E-state index contributed by atoms with van der Waals surface area (Å²) in [5.41, 5.74) is 1.38. The lowest BCUT2D eigenvalue weighted by atomic mass is 9.97. The predicted octanol–water partition coefficient (Wildman–Crippen LogP) is 4.34. The smallest absolute Gasteiger partial charge is 0.356 e. The van der Waals surface area contributed by atoms with E-state index in [1.165, 1.54) is 0 Å². The minimum Gasteiger partial charge on any atom is -0.356 e. The second kappa shape index (κ2) is 6.92. The van der Waals surface area contributed by atoms with Crippen LogP contribution in [0.5, 0.6) is 0 Å². The molecule has 1 aromatic carbocycles. The molecule has 1 N–H and O–H groups in total. The number of para-hydroxylation sites is 1. The number of hydrogen-bond donors (Lipinski definition) is 1. The van der Waals surface area contributed by atoms with Crippen LogP contribution in [-0.2, 0) is 11.2 Å². The van der Waals surface area contributed by atoms with Crippen molar-refractivity contribution in [2.45, 2.75) is 23.7 Å². The van der Waals surface area contributed by atoms with Crippen LogP contribution in [0, 0.1) is 0 Å². The van der Waals surface area contributed by atoms with Crippen LogP contribution in [0.25, 0.3) is 10.9 Å². The Morgan fingerprint density at radius 1 is 1.22 bits per heavy atom. The van der Waals surface area contributed by atoms with Crippen molar-refractivity contribution < 1.29 is 18.0 Å². The Morgan fingerprint density at radius 3 is 2.74 bits per heavy atom. The van der Waals surface area contributed by atoms with E-state index in [2.05, 4.69) is 9.97 Å². The lowest BCUT2D eigenvalue weighted by Crippen LogP contribution is -2.47. The Morgan fingerprint density at radius 2 is 2.00 bits per heavy atom. The second-order valence-corrected chi connectivity index (χ2v) is 7.30. The minimum atomic E-state index is -4.55. The molecule has 0 aliphatic carbocycles. The number of pyridine rings is 1. The summed E-state index contributed by atoms with van der Waals surface area (Å²) in [6.07, 6.45) is -2.57. The number of thioether (sulfide) groups is 1. The largest absolute Gasteiger partial charge is 0.414 e. The number of aromatic amines is 1. The van der Waals surface area contributed by atoms with E-state index in [0.29, 0.717) is 22.5 Å². The summed E-state index contributed by atoms with van der Waals surface area (Å²) in [7, 11) is 0. The molecule has 1 atom stereocenters. The summed E-state index contributed by atoms with van der Waals surface area (Å²) < 4.78 is 41.7. The summed E-state index contributed by atoms with van der Waals surface area (Å²) in [5, 5.41) is 1.40. The molecule has 0 fully saturated rings. The Hall–Kier alpha value is -2.48. The van der Waals surface area contributed by atoms with Gasteiger partial charge >= 0.3 is 6.18 Å². The number of amides is 1. The van der Waals surface area contributed by atoms with E-state index in [1.807, 2.05) is 6.07 Å². The fourth-order valence-corrected chi connectivity index (χ4v) is 4.25. The molecule has 8 heteroatoms. The molecule has 0 unspecified atom stereocenters. The molecule has 0 saturated heterocycles. The third kappa shape index (κ3) is 3.41. The maximum absolute atomic E-state index is 13.9. The van der Waals surface area contributed by atoms with Crippen LogP contribution in [0.15, 0.2) is 53.7 Å². The van der Waals surface area contributed by atoms with E-state index in [9.17, 15) is 18.0 Å². The van der Waals surface area contributed by atoms with Crippen molar-refractivity contribution in [3.05, 3.63) is 59.9 Å². The number of fused-ring (bicyclic) bond motifs is 3. The zero-order valence-corrected chi connectivity index (χ0v) is 15.0. The lowest BCUT2D eigenvalue weighted by molar-refractivity contribution is -0.193. The minimum absolute atomic E-state index is 0.0423. The van der Waals surface area contributed by atoms with Crippen molar-refractivity contribution in [2.24, 2.45) is 0 Å². The van der Waals surface area contributed by atoms with Crippen molar-refractivity contribution in [2.75, 3.05) is 12.3 Å². The monoisotopic (exact) mass is 391 g/mol. The Bertz CT molecular complexity index is 971. The van der Waals surface area contributed by atoms with Crippen LogP contribution < -0.4 is 0 Å². The number of carbonyl (C=O) groups excluding carboxylic acids is 1. The van der Waals surface area contributed by atoms with Crippen LogP contribution in [0.2, 0.25) is 0 Å². The first kappa shape index (κ1) is 17.9. The van der Waals surface area contributed by atoms with E-state index in [-0.39, 0.29) is 18.0 Å². The Kier molecular flexibility index (Phi) is 4.59. The highest BCUT2D eigenvalue weighted by Crippen LogP contribution is 2.43. The molecule has 1 amide bonds. The van der Waals surface area contributed by atoms with Gasteiger partial charge in [0.15, 0.2) is 6.04 Å². The van der Waals surface area contributed by atoms with Gasteiger partial charge in [-0.15, -0.1) is 0 Å². The van der Waals surface area contributed by atoms with Gasteiger partial charge in [-0.25, -0.2) is 4.98 Å². The first-order valence-electron chi connectivity index (χ1n) is 8.44. The van der Waals surface area contributed by atoms with Gasteiger partial charge in [-0.2, -0.15) is 13.2 Å². The number of nitrogens with one attached hydrogen (secondary N) is 1. The van der Waals surface area contributed by atoms with E-state index >= 15 is 0 Å². The van der Waals surface area contributed by atoms with E-state index in [4.69, 9.17) is 0 Å². The highest BCUT2D eigenvalue weighted by atomic mass is 32.2. The maximum Gasteiger partial charge on any atom is 0.414 e. The summed E-state index contributed by atoms with van der Waals surface area (Å²) in [6, 6.07) is 10.4. The van der Waals surface area contributed by atoms with E-state index in [0.717, 1.165) is 22.0 Å².